The maximum Gasteiger partial charge on any atom is 0.169 e. The van der Waals surface area contributed by atoms with E-state index in [1.807, 2.05) is 12.7 Å². The van der Waals surface area contributed by atoms with Gasteiger partial charge in [0.05, 0.1) is 34.7 Å². The molecule has 6 rings (SSSR count). The van der Waals surface area contributed by atoms with Crippen molar-refractivity contribution in [1.29, 1.82) is 0 Å². The maximum absolute atomic E-state index is 4.60. The zero-order chi connectivity index (χ0) is 29.1. The quantitative estimate of drug-likeness (QED) is 0.129. The Kier molecular flexibility index (Phi) is 8.13. The third-order valence-electron chi connectivity index (χ3n) is 8.72. The summed E-state index contributed by atoms with van der Waals surface area (Å²) in [4.78, 5) is 9.19. The minimum Gasteiger partial charge on any atom is -0.331 e. The highest BCUT2D eigenvalue weighted by Gasteiger charge is 2.09. The summed E-state index contributed by atoms with van der Waals surface area (Å²) in [6.07, 6.45) is 17.3. The Bertz CT molecular complexity index is 1670. The molecule has 4 aromatic heterocycles. The van der Waals surface area contributed by atoms with Crippen molar-refractivity contribution in [1.82, 2.24) is 19.1 Å². The molecule has 0 bridgehead atoms. The van der Waals surface area contributed by atoms with Crippen molar-refractivity contribution in [3.8, 4) is 11.1 Å². The molecule has 0 fully saturated rings. The zero-order valence-corrected chi connectivity index (χ0v) is 25.4. The Morgan fingerprint density at radius 1 is 0.524 bits per heavy atom. The van der Waals surface area contributed by atoms with Crippen molar-refractivity contribution in [2.45, 2.75) is 79.6 Å². The van der Waals surface area contributed by atoms with Crippen LogP contribution in [-0.2, 0) is 26.2 Å². The Hall–Kier alpha value is -4.32. The second kappa shape index (κ2) is 12.3. The highest BCUT2D eigenvalue weighted by atomic mass is 15.0. The van der Waals surface area contributed by atoms with Crippen LogP contribution in [0.3, 0.4) is 0 Å². The molecule has 0 unspecified atom stereocenters. The molecular formula is C36H42N6+2. The van der Waals surface area contributed by atoms with E-state index in [9.17, 15) is 0 Å². The van der Waals surface area contributed by atoms with E-state index in [1.165, 1.54) is 44.4 Å². The van der Waals surface area contributed by atoms with Gasteiger partial charge in [0, 0.05) is 50.2 Å². The fourth-order valence-electron chi connectivity index (χ4n) is 5.73. The van der Waals surface area contributed by atoms with Crippen LogP contribution in [0.2, 0.25) is 0 Å². The lowest BCUT2D eigenvalue weighted by Gasteiger charge is -2.06. The number of benzene rings is 2. The Balaban J connectivity index is 0.953. The van der Waals surface area contributed by atoms with Crippen LogP contribution in [0.15, 0.2) is 86.0 Å². The van der Waals surface area contributed by atoms with E-state index >= 15 is 0 Å². The topological polar surface area (TPSA) is 43.4 Å². The molecule has 0 atom stereocenters. The lowest BCUT2D eigenvalue weighted by Crippen LogP contribution is -2.33. The number of unbranched alkanes of at least 4 members (excludes halogenated alkanes) is 2. The van der Waals surface area contributed by atoms with E-state index in [-0.39, 0.29) is 0 Å². The molecule has 0 saturated heterocycles. The fourth-order valence-corrected chi connectivity index (χ4v) is 5.73. The van der Waals surface area contributed by atoms with Crippen LogP contribution in [0, 0.1) is 27.7 Å². The van der Waals surface area contributed by atoms with Gasteiger partial charge in [-0.3, -0.25) is 0 Å². The standard InChI is InChI=1S/C36H42N6/c1-27-21-33-35(23-29(27)3)41(25-37-33)15-7-5-13-39-17-9-31(10-18-39)32-11-19-40(20-12-32)14-6-8-16-42-26-38-34-22-28(2)30(4)24-36(34)42/h9-12,17-26H,5-8,13-16H2,1-4H3/q+2. The second-order valence-corrected chi connectivity index (χ2v) is 11.8. The van der Waals surface area contributed by atoms with Gasteiger partial charge in [-0.2, -0.15) is 0 Å². The molecule has 0 radical (unpaired) electrons. The molecule has 0 aliphatic carbocycles. The monoisotopic (exact) mass is 558 g/mol. The number of imidazole rings is 2. The third-order valence-corrected chi connectivity index (χ3v) is 8.72. The molecule has 0 aliphatic rings. The Morgan fingerprint density at radius 3 is 1.31 bits per heavy atom. The van der Waals surface area contributed by atoms with Crippen LogP contribution in [-0.4, -0.2) is 19.1 Å². The second-order valence-electron chi connectivity index (χ2n) is 11.8. The highest BCUT2D eigenvalue weighted by Crippen LogP contribution is 2.20. The van der Waals surface area contributed by atoms with Crippen molar-refractivity contribution in [3.05, 3.63) is 108 Å². The molecule has 0 N–H and O–H groups in total. The van der Waals surface area contributed by atoms with Gasteiger partial charge in [0.2, 0.25) is 0 Å². The summed E-state index contributed by atoms with van der Waals surface area (Å²) in [7, 11) is 0. The number of fused-ring (bicyclic) bond motifs is 2. The molecular weight excluding hydrogens is 516 g/mol. The molecule has 0 amide bonds. The number of hydrogen-bond acceptors (Lipinski definition) is 2. The minimum atomic E-state index is 1.00. The van der Waals surface area contributed by atoms with Crippen molar-refractivity contribution in [2.24, 2.45) is 0 Å². The van der Waals surface area contributed by atoms with Gasteiger partial charge in [-0.25, -0.2) is 19.1 Å². The average molecular weight is 559 g/mol. The molecule has 42 heavy (non-hydrogen) atoms. The molecule has 0 saturated carbocycles. The van der Waals surface area contributed by atoms with Crippen LogP contribution < -0.4 is 9.13 Å². The number of nitrogens with zero attached hydrogens (tertiary/aromatic N) is 6. The van der Waals surface area contributed by atoms with E-state index in [0.717, 1.165) is 62.9 Å². The molecule has 4 heterocycles. The molecule has 6 heteroatoms. The summed E-state index contributed by atoms with van der Waals surface area (Å²) in [6.45, 7) is 12.7. The third kappa shape index (κ3) is 6.13. The van der Waals surface area contributed by atoms with Crippen LogP contribution >= 0.6 is 0 Å². The first-order chi connectivity index (χ1) is 20.4. The number of hydrogen-bond donors (Lipinski definition) is 0. The highest BCUT2D eigenvalue weighted by molar-refractivity contribution is 5.78. The number of aryl methyl sites for hydroxylation is 8. The predicted molar refractivity (Wildman–Crippen MR) is 169 cm³/mol. The van der Waals surface area contributed by atoms with Crippen molar-refractivity contribution in [2.75, 3.05) is 0 Å². The molecule has 6 nitrogen and oxygen atoms in total. The molecule has 6 aromatic rings. The van der Waals surface area contributed by atoms with E-state index in [0.29, 0.717) is 0 Å². The summed E-state index contributed by atoms with van der Waals surface area (Å²) >= 11 is 0. The molecule has 2 aromatic carbocycles. The molecule has 0 aliphatic heterocycles. The summed E-state index contributed by atoms with van der Waals surface area (Å²) in [5.74, 6) is 0. The fraction of sp³-hybridized carbons (Fsp3) is 0.333. The SMILES string of the molecule is Cc1cc2ncn(CCCC[n+]3ccc(-c4cc[n+](CCCCn5cnc6cc(C)c(C)cc65)cc4)cc3)c2cc1C. The van der Waals surface area contributed by atoms with Gasteiger partial charge in [-0.15, -0.1) is 0 Å². The van der Waals surface area contributed by atoms with Crippen molar-refractivity contribution >= 4 is 22.1 Å². The van der Waals surface area contributed by atoms with Crippen LogP contribution in [0.25, 0.3) is 33.2 Å². The van der Waals surface area contributed by atoms with E-state index < -0.39 is 0 Å². The van der Waals surface area contributed by atoms with Gasteiger partial charge in [0.1, 0.15) is 13.1 Å². The molecule has 214 valence electrons. The van der Waals surface area contributed by atoms with Crippen LogP contribution in [0.4, 0.5) is 0 Å². The summed E-state index contributed by atoms with van der Waals surface area (Å²) in [5.41, 5.74) is 12.5. The van der Waals surface area contributed by atoms with Crippen molar-refractivity contribution in [3.63, 3.8) is 0 Å². The van der Waals surface area contributed by atoms with E-state index in [2.05, 4.69) is 129 Å². The summed E-state index contributed by atoms with van der Waals surface area (Å²) in [6, 6.07) is 17.8. The number of rotatable bonds is 11. The van der Waals surface area contributed by atoms with E-state index in [4.69, 9.17) is 0 Å². The first-order valence-electron chi connectivity index (χ1n) is 15.3. The molecule has 0 spiro atoms. The number of pyridine rings is 2. The zero-order valence-electron chi connectivity index (χ0n) is 25.4. The maximum atomic E-state index is 4.60. The predicted octanol–water partition coefficient (Wildman–Crippen LogP) is 6.82. The summed E-state index contributed by atoms with van der Waals surface area (Å²) < 4.78 is 9.16. The van der Waals surface area contributed by atoms with Gasteiger partial charge >= 0.3 is 0 Å². The van der Waals surface area contributed by atoms with E-state index in [1.54, 1.807) is 0 Å². The van der Waals surface area contributed by atoms with Gasteiger partial charge in [0.15, 0.2) is 24.8 Å². The van der Waals surface area contributed by atoms with Crippen molar-refractivity contribution < 1.29 is 9.13 Å². The Labute approximate surface area is 248 Å². The van der Waals surface area contributed by atoms with Crippen LogP contribution in [0.5, 0.6) is 0 Å². The van der Waals surface area contributed by atoms with Gasteiger partial charge in [0.25, 0.3) is 0 Å². The Morgan fingerprint density at radius 2 is 0.905 bits per heavy atom. The van der Waals surface area contributed by atoms with Gasteiger partial charge < -0.3 is 9.13 Å². The summed E-state index contributed by atoms with van der Waals surface area (Å²) in [5, 5.41) is 0. The first kappa shape index (κ1) is 27.8. The lowest BCUT2D eigenvalue weighted by atomic mass is 10.1. The largest absolute Gasteiger partial charge is 0.331 e. The average Bonchev–Trinajstić information content (AvgIpc) is 3.57. The number of aromatic nitrogens is 6. The lowest BCUT2D eigenvalue weighted by molar-refractivity contribution is -0.697. The normalized spacial score (nSPS) is 11.6. The van der Waals surface area contributed by atoms with Gasteiger partial charge in [-0.05, 0) is 98.2 Å². The smallest absolute Gasteiger partial charge is 0.169 e. The minimum absolute atomic E-state index is 1.00. The first-order valence-corrected chi connectivity index (χ1v) is 15.3. The van der Waals surface area contributed by atoms with Crippen LogP contribution in [0.1, 0.15) is 47.9 Å². The van der Waals surface area contributed by atoms with Gasteiger partial charge in [-0.1, -0.05) is 0 Å².